The third-order valence-electron chi connectivity index (χ3n) is 5.09. The van der Waals surface area contributed by atoms with Gasteiger partial charge in [0.05, 0.1) is 0 Å². The molecule has 1 N–H and O–H groups in total. The normalized spacial score (nSPS) is 18.4. The largest absolute Gasteiger partial charge is 0.408 e. The van der Waals surface area contributed by atoms with E-state index in [1.165, 1.54) is 38.5 Å². The van der Waals surface area contributed by atoms with Crippen molar-refractivity contribution in [1.29, 1.82) is 0 Å². The van der Waals surface area contributed by atoms with Crippen LogP contribution >= 0.6 is 0 Å². The third kappa shape index (κ3) is 3.68. The van der Waals surface area contributed by atoms with E-state index < -0.39 is 0 Å². The van der Waals surface area contributed by atoms with Gasteiger partial charge in [-0.15, -0.1) is 5.10 Å². The van der Waals surface area contributed by atoms with Gasteiger partial charge in [-0.1, -0.05) is 24.0 Å². The smallest absolute Gasteiger partial charge is 0.315 e. The summed E-state index contributed by atoms with van der Waals surface area (Å²) in [5, 5.41) is 11.5. The summed E-state index contributed by atoms with van der Waals surface area (Å²) in [6.07, 6.45) is 10.6. The van der Waals surface area contributed by atoms with Crippen LogP contribution in [-0.2, 0) is 13.0 Å². The Hall–Kier alpha value is -2.11. The Balaban J connectivity index is 1.29. The number of anilines is 2. The van der Waals surface area contributed by atoms with Crippen LogP contribution in [0.25, 0.3) is 0 Å². The lowest BCUT2D eigenvalue weighted by Crippen LogP contribution is -2.18. The van der Waals surface area contributed by atoms with Gasteiger partial charge in [0.1, 0.15) is 5.82 Å². The van der Waals surface area contributed by atoms with Gasteiger partial charge in [-0.3, -0.25) is 0 Å². The lowest BCUT2D eigenvalue weighted by Gasteiger charge is -2.16. The zero-order valence-electron chi connectivity index (χ0n) is 14.1. The summed E-state index contributed by atoms with van der Waals surface area (Å²) >= 11 is 0. The molecular weight excluding hydrogens is 302 g/mol. The molecule has 0 aromatic carbocycles. The Morgan fingerprint density at radius 1 is 1.08 bits per heavy atom. The predicted octanol–water partition coefficient (Wildman–Crippen LogP) is 3.41. The summed E-state index contributed by atoms with van der Waals surface area (Å²) in [7, 11) is 0. The van der Waals surface area contributed by atoms with E-state index in [2.05, 4.69) is 37.5 Å². The molecule has 2 fully saturated rings. The molecule has 4 rings (SSSR count). The van der Waals surface area contributed by atoms with Crippen LogP contribution in [0.3, 0.4) is 0 Å². The molecule has 1 aliphatic heterocycles. The number of pyridine rings is 1. The molecule has 0 bridgehead atoms. The van der Waals surface area contributed by atoms with Crippen molar-refractivity contribution in [1.82, 2.24) is 15.2 Å². The van der Waals surface area contributed by atoms with E-state index >= 15 is 0 Å². The van der Waals surface area contributed by atoms with Crippen molar-refractivity contribution in [3.8, 4) is 0 Å². The maximum Gasteiger partial charge on any atom is 0.315 e. The first kappa shape index (κ1) is 15.4. The van der Waals surface area contributed by atoms with Gasteiger partial charge in [0.25, 0.3) is 0 Å². The molecule has 2 aromatic rings. The zero-order chi connectivity index (χ0) is 16.2. The van der Waals surface area contributed by atoms with Crippen molar-refractivity contribution in [2.75, 3.05) is 23.3 Å². The van der Waals surface area contributed by atoms with Crippen molar-refractivity contribution in [2.45, 2.75) is 51.5 Å². The topological polar surface area (TPSA) is 67.1 Å². The molecule has 0 amide bonds. The number of aromatic nitrogens is 3. The van der Waals surface area contributed by atoms with Crippen LogP contribution in [0.4, 0.5) is 11.8 Å². The van der Waals surface area contributed by atoms with Gasteiger partial charge in [0.2, 0.25) is 5.89 Å². The second kappa shape index (κ2) is 7.20. The summed E-state index contributed by atoms with van der Waals surface area (Å²) in [6, 6.07) is 4.72. The van der Waals surface area contributed by atoms with Gasteiger partial charge < -0.3 is 14.6 Å². The molecule has 1 saturated carbocycles. The fraction of sp³-hybridized carbons (Fsp3) is 0.611. The highest BCUT2D eigenvalue weighted by atomic mass is 16.4. The van der Waals surface area contributed by atoms with Crippen LogP contribution in [-0.4, -0.2) is 28.3 Å². The minimum atomic E-state index is 0.506. The van der Waals surface area contributed by atoms with E-state index in [0.717, 1.165) is 42.7 Å². The first-order valence-electron chi connectivity index (χ1n) is 9.13. The number of hydrogen-bond donors (Lipinski definition) is 1. The molecule has 1 aliphatic carbocycles. The van der Waals surface area contributed by atoms with E-state index in [9.17, 15) is 0 Å². The lowest BCUT2D eigenvalue weighted by molar-refractivity contribution is 0.437. The predicted molar refractivity (Wildman–Crippen MR) is 93.0 cm³/mol. The summed E-state index contributed by atoms with van der Waals surface area (Å²) in [4.78, 5) is 6.90. The summed E-state index contributed by atoms with van der Waals surface area (Å²) in [6.45, 7) is 2.89. The van der Waals surface area contributed by atoms with Crippen molar-refractivity contribution < 1.29 is 4.42 Å². The molecule has 128 valence electrons. The molecule has 1 saturated heterocycles. The first-order valence-corrected chi connectivity index (χ1v) is 9.13. The molecule has 3 heterocycles. The van der Waals surface area contributed by atoms with Gasteiger partial charge in [0.15, 0.2) is 0 Å². The fourth-order valence-electron chi connectivity index (χ4n) is 3.70. The number of nitrogens with one attached hydrogen (secondary N) is 1. The van der Waals surface area contributed by atoms with Crippen LogP contribution in [0.5, 0.6) is 0 Å². The van der Waals surface area contributed by atoms with Crippen LogP contribution in [0.15, 0.2) is 22.7 Å². The number of rotatable bonds is 6. The van der Waals surface area contributed by atoms with E-state index in [-0.39, 0.29) is 0 Å². The van der Waals surface area contributed by atoms with Crippen LogP contribution in [0, 0.1) is 5.92 Å². The number of hydrogen-bond acceptors (Lipinski definition) is 6. The Morgan fingerprint density at radius 2 is 1.92 bits per heavy atom. The standard InChI is InChI=1S/C18H25N5O/c1-2-6-14(5-1)11-17-21-22-18(24-17)20-13-15-7-8-16(19-12-15)23-9-3-4-10-23/h7-8,12,14H,1-6,9-11,13H2,(H,20,22). The average molecular weight is 327 g/mol. The highest BCUT2D eigenvalue weighted by Gasteiger charge is 2.18. The Labute approximate surface area is 142 Å². The van der Waals surface area contributed by atoms with Crippen molar-refractivity contribution in [3.05, 3.63) is 29.8 Å². The van der Waals surface area contributed by atoms with E-state index in [1.54, 1.807) is 0 Å². The van der Waals surface area contributed by atoms with Gasteiger partial charge in [-0.2, -0.15) is 0 Å². The highest BCUT2D eigenvalue weighted by molar-refractivity contribution is 5.40. The molecule has 2 aromatic heterocycles. The molecule has 6 nitrogen and oxygen atoms in total. The van der Waals surface area contributed by atoms with Gasteiger partial charge in [-0.05, 0) is 43.2 Å². The quantitative estimate of drug-likeness (QED) is 0.877. The monoisotopic (exact) mass is 327 g/mol. The summed E-state index contributed by atoms with van der Waals surface area (Å²) < 4.78 is 5.71. The summed E-state index contributed by atoms with van der Waals surface area (Å²) in [5.41, 5.74) is 1.12. The summed E-state index contributed by atoms with van der Waals surface area (Å²) in [5.74, 6) is 2.56. The fourth-order valence-corrected chi connectivity index (χ4v) is 3.70. The second-order valence-electron chi connectivity index (χ2n) is 6.93. The van der Waals surface area contributed by atoms with Crippen molar-refractivity contribution >= 4 is 11.8 Å². The van der Waals surface area contributed by atoms with E-state index in [0.29, 0.717) is 12.6 Å². The Bertz CT molecular complexity index is 642. The Morgan fingerprint density at radius 3 is 2.67 bits per heavy atom. The van der Waals surface area contributed by atoms with E-state index in [1.807, 2.05) is 6.20 Å². The molecule has 0 unspecified atom stereocenters. The molecule has 24 heavy (non-hydrogen) atoms. The van der Waals surface area contributed by atoms with Gasteiger partial charge >= 0.3 is 6.01 Å². The third-order valence-corrected chi connectivity index (χ3v) is 5.09. The number of nitrogens with zero attached hydrogens (tertiary/aromatic N) is 4. The molecule has 0 spiro atoms. The Kier molecular flexibility index (Phi) is 4.62. The average Bonchev–Trinajstić information content (AvgIpc) is 3.37. The van der Waals surface area contributed by atoms with Crippen molar-refractivity contribution in [2.24, 2.45) is 5.92 Å². The van der Waals surface area contributed by atoms with Crippen molar-refractivity contribution in [3.63, 3.8) is 0 Å². The maximum absolute atomic E-state index is 5.71. The molecule has 2 aliphatic rings. The van der Waals surface area contributed by atoms with E-state index in [4.69, 9.17) is 4.42 Å². The molecular formula is C18H25N5O. The second-order valence-corrected chi connectivity index (χ2v) is 6.93. The first-order chi connectivity index (χ1) is 11.9. The minimum absolute atomic E-state index is 0.506. The van der Waals surface area contributed by atoms with Crippen LogP contribution < -0.4 is 10.2 Å². The van der Waals surface area contributed by atoms with Crippen LogP contribution in [0.2, 0.25) is 0 Å². The zero-order valence-corrected chi connectivity index (χ0v) is 14.1. The highest BCUT2D eigenvalue weighted by Crippen LogP contribution is 2.28. The molecule has 0 atom stereocenters. The van der Waals surface area contributed by atoms with Gasteiger partial charge in [-0.25, -0.2) is 4.98 Å². The molecule has 0 radical (unpaired) electrons. The van der Waals surface area contributed by atoms with Gasteiger partial charge in [0, 0.05) is 32.3 Å². The maximum atomic E-state index is 5.71. The van der Waals surface area contributed by atoms with Crippen LogP contribution in [0.1, 0.15) is 50.0 Å². The molecule has 6 heteroatoms. The lowest BCUT2D eigenvalue weighted by atomic mass is 10.0. The SMILES string of the molecule is c1cc(N2CCCC2)ncc1CNc1nnc(CC2CCCC2)o1. The minimum Gasteiger partial charge on any atom is -0.408 e.